The van der Waals surface area contributed by atoms with Gasteiger partial charge in [-0.15, -0.1) is 0 Å². The lowest BCUT2D eigenvalue weighted by Gasteiger charge is -2.23. The van der Waals surface area contributed by atoms with Crippen molar-refractivity contribution in [2.75, 3.05) is 0 Å². The molecule has 14 heavy (non-hydrogen) atoms. The van der Waals surface area contributed by atoms with Crippen molar-refractivity contribution in [3.8, 4) is 0 Å². The molecule has 0 radical (unpaired) electrons. The van der Waals surface area contributed by atoms with Crippen LogP contribution in [0.3, 0.4) is 0 Å². The van der Waals surface area contributed by atoms with Gasteiger partial charge in [-0.25, -0.2) is 0 Å². The highest BCUT2D eigenvalue weighted by Gasteiger charge is 2.36. The maximum absolute atomic E-state index is 11.2. The molecular formula is C10H16O4. The van der Waals surface area contributed by atoms with Gasteiger partial charge in [0, 0.05) is 12.8 Å². The van der Waals surface area contributed by atoms with Gasteiger partial charge >= 0.3 is 5.97 Å². The molecule has 1 fully saturated rings. The number of hydrogen-bond acceptors (Lipinski definition) is 4. The number of ketones is 1. The van der Waals surface area contributed by atoms with Gasteiger partial charge < -0.3 is 9.84 Å². The minimum Gasteiger partial charge on any atom is -0.454 e. The van der Waals surface area contributed by atoms with E-state index < -0.39 is 18.2 Å². The highest BCUT2D eigenvalue weighted by atomic mass is 16.5. The van der Waals surface area contributed by atoms with Gasteiger partial charge in [-0.1, -0.05) is 6.42 Å². The van der Waals surface area contributed by atoms with Gasteiger partial charge in [-0.05, 0) is 19.8 Å². The second-order valence-corrected chi connectivity index (χ2v) is 3.80. The van der Waals surface area contributed by atoms with Gasteiger partial charge in [-0.2, -0.15) is 0 Å². The van der Waals surface area contributed by atoms with E-state index in [0.29, 0.717) is 6.42 Å². The Labute approximate surface area is 83.2 Å². The molecule has 0 aromatic rings. The Kier molecular flexibility index (Phi) is 3.63. The Hall–Kier alpha value is -0.900. The zero-order chi connectivity index (χ0) is 10.7. The monoisotopic (exact) mass is 200 g/mol. The first-order valence-corrected chi connectivity index (χ1v) is 4.88. The number of aliphatic hydroxyl groups excluding tert-OH is 1. The van der Waals surface area contributed by atoms with Crippen LogP contribution in [-0.2, 0) is 14.3 Å². The van der Waals surface area contributed by atoms with E-state index in [4.69, 9.17) is 4.74 Å². The minimum atomic E-state index is -0.759. The zero-order valence-electron chi connectivity index (χ0n) is 8.53. The van der Waals surface area contributed by atoms with Crippen molar-refractivity contribution < 1.29 is 19.4 Å². The summed E-state index contributed by atoms with van der Waals surface area (Å²) in [5.41, 5.74) is 0. The molecule has 0 spiro atoms. The molecule has 3 unspecified atom stereocenters. The highest BCUT2D eigenvalue weighted by molar-refractivity contribution is 5.83. The van der Waals surface area contributed by atoms with Crippen LogP contribution in [-0.4, -0.2) is 29.1 Å². The second-order valence-electron chi connectivity index (χ2n) is 3.80. The maximum Gasteiger partial charge on any atom is 0.303 e. The fourth-order valence-corrected chi connectivity index (χ4v) is 1.97. The molecule has 0 heterocycles. The standard InChI is InChI=1S/C10H16O4/c1-6(11)10(14-7(2)12)8-4-3-5-9(8)13/h8-10,13H,3-5H2,1-2H3. The van der Waals surface area contributed by atoms with Crippen molar-refractivity contribution in [1.82, 2.24) is 0 Å². The molecule has 1 aliphatic carbocycles. The number of carbonyl (C=O) groups is 2. The first kappa shape index (κ1) is 11.2. The van der Waals surface area contributed by atoms with E-state index in [0.717, 1.165) is 12.8 Å². The number of hydrogen-bond donors (Lipinski definition) is 1. The fourth-order valence-electron chi connectivity index (χ4n) is 1.97. The summed E-state index contributed by atoms with van der Waals surface area (Å²) in [6.07, 6.45) is 1.05. The summed E-state index contributed by atoms with van der Waals surface area (Å²) in [6.45, 7) is 2.66. The number of aliphatic hydroxyl groups is 1. The van der Waals surface area contributed by atoms with Crippen LogP contribution >= 0.6 is 0 Å². The van der Waals surface area contributed by atoms with Crippen molar-refractivity contribution in [1.29, 1.82) is 0 Å². The highest BCUT2D eigenvalue weighted by Crippen LogP contribution is 2.30. The SMILES string of the molecule is CC(=O)OC(C(C)=O)C1CCCC1O. The lowest BCUT2D eigenvalue weighted by Crippen LogP contribution is -2.36. The molecule has 0 aliphatic heterocycles. The molecule has 4 nitrogen and oxygen atoms in total. The first-order valence-electron chi connectivity index (χ1n) is 4.88. The van der Waals surface area contributed by atoms with Crippen LogP contribution in [0.15, 0.2) is 0 Å². The van der Waals surface area contributed by atoms with Crippen molar-refractivity contribution in [3.63, 3.8) is 0 Å². The smallest absolute Gasteiger partial charge is 0.303 e. The molecule has 1 saturated carbocycles. The van der Waals surface area contributed by atoms with Crippen LogP contribution in [0.5, 0.6) is 0 Å². The molecule has 0 bridgehead atoms. The lowest BCUT2D eigenvalue weighted by molar-refractivity contribution is -0.157. The first-order chi connectivity index (χ1) is 6.52. The Morgan fingerprint density at radius 1 is 1.36 bits per heavy atom. The molecular weight excluding hydrogens is 184 g/mol. The van der Waals surface area contributed by atoms with E-state index in [1.165, 1.54) is 13.8 Å². The normalized spacial score (nSPS) is 28.5. The van der Waals surface area contributed by atoms with Crippen LogP contribution in [0.4, 0.5) is 0 Å². The summed E-state index contributed by atoms with van der Waals surface area (Å²) in [4.78, 5) is 22.0. The Morgan fingerprint density at radius 3 is 2.36 bits per heavy atom. The van der Waals surface area contributed by atoms with E-state index in [9.17, 15) is 14.7 Å². The minimum absolute atomic E-state index is 0.189. The van der Waals surface area contributed by atoms with Gasteiger partial charge in [0.1, 0.15) is 0 Å². The van der Waals surface area contributed by atoms with Gasteiger partial charge in [0.15, 0.2) is 11.9 Å². The summed E-state index contributed by atoms with van der Waals surface area (Å²) in [5.74, 6) is -0.869. The molecule has 80 valence electrons. The molecule has 0 aromatic carbocycles. The molecule has 1 aliphatic rings. The molecule has 0 aromatic heterocycles. The molecule has 3 atom stereocenters. The Morgan fingerprint density at radius 2 is 2.00 bits per heavy atom. The lowest BCUT2D eigenvalue weighted by atomic mass is 9.96. The average Bonchev–Trinajstić information content (AvgIpc) is 2.46. The number of rotatable bonds is 3. The molecule has 0 amide bonds. The average molecular weight is 200 g/mol. The van der Waals surface area contributed by atoms with Crippen LogP contribution in [0.1, 0.15) is 33.1 Å². The summed E-state index contributed by atoms with van der Waals surface area (Å²) in [5, 5.41) is 9.58. The van der Waals surface area contributed by atoms with Crippen LogP contribution in [0, 0.1) is 5.92 Å². The Bertz CT molecular complexity index is 236. The van der Waals surface area contributed by atoms with Crippen molar-refractivity contribution in [3.05, 3.63) is 0 Å². The van der Waals surface area contributed by atoms with Crippen LogP contribution in [0.2, 0.25) is 0 Å². The number of esters is 1. The summed E-state index contributed by atoms with van der Waals surface area (Å²) in [6, 6.07) is 0. The van der Waals surface area contributed by atoms with E-state index >= 15 is 0 Å². The molecule has 4 heteroatoms. The van der Waals surface area contributed by atoms with Gasteiger partial charge in [0.25, 0.3) is 0 Å². The number of carbonyl (C=O) groups excluding carboxylic acids is 2. The summed E-state index contributed by atoms with van der Waals surface area (Å²) in [7, 11) is 0. The van der Waals surface area contributed by atoms with E-state index in [2.05, 4.69) is 0 Å². The van der Waals surface area contributed by atoms with Gasteiger partial charge in [-0.3, -0.25) is 9.59 Å². The third kappa shape index (κ3) is 2.54. The van der Waals surface area contributed by atoms with E-state index in [1.807, 2.05) is 0 Å². The number of Topliss-reactive ketones (excluding diaryl/α,β-unsaturated/α-hetero) is 1. The largest absolute Gasteiger partial charge is 0.454 e. The van der Waals surface area contributed by atoms with Crippen molar-refractivity contribution in [2.24, 2.45) is 5.92 Å². The Balaban J connectivity index is 2.66. The van der Waals surface area contributed by atoms with Gasteiger partial charge in [0.2, 0.25) is 0 Å². The second kappa shape index (κ2) is 4.55. The third-order valence-electron chi connectivity index (χ3n) is 2.61. The summed E-state index contributed by atoms with van der Waals surface area (Å²) < 4.78 is 4.92. The van der Waals surface area contributed by atoms with Crippen LogP contribution in [0.25, 0.3) is 0 Å². The fraction of sp³-hybridized carbons (Fsp3) is 0.800. The topological polar surface area (TPSA) is 63.6 Å². The summed E-state index contributed by atoms with van der Waals surface area (Å²) >= 11 is 0. The van der Waals surface area contributed by atoms with E-state index in [-0.39, 0.29) is 11.7 Å². The number of ether oxygens (including phenoxy) is 1. The predicted octanol–water partition coefficient (Wildman–Crippen LogP) is 0.668. The molecule has 0 saturated heterocycles. The molecule has 1 N–H and O–H groups in total. The molecule has 1 rings (SSSR count). The van der Waals surface area contributed by atoms with Crippen molar-refractivity contribution >= 4 is 11.8 Å². The van der Waals surface area contributed by atoms with Gasteiger partial charge in [0.05, 0.1) is 6.10 Å². The van der Waals surface area contributed by atoms with Crippen molar-refractivity contribution in [2.45, 2.75) is 45.3 Å². The van der Waals surface area contributed by atoms with E-state index in [1.54, 1.807) is 0 Å². The quantitative estimate of drug-likeness (QED) is 0.680. The third-order valence-corrected chi connectivity index (χ3v) is 2.61. The zero-order valence-corrected chi connectivity index (χ0v) is 8.53. The van der Waals surface area contributed by atoms with Crippen LogP contribution < -0.4 is 0 Å². The maximum atomic E-state index is 11.2. The predicted molar refractivity (Wildman–Crippen MR) is 49.6 cm³/mol.